The van der Waals surface area contributed by atoms with Crippen LogP contribution in [-0.4, -0.2) is 32.9 Å². The molecule has 0 aromatic heterocycles. The predicted octanol–water partition coefficient (Wildman–Crippen LogP) is 1.94. The molecule has 6 heteroatoms. The van der Waals surface area contributed by atoms with E-state index in [0.29, 0.717) is 17.4 Å². The molecule has 0 bridgehead atoms. The normalized spacial score (nSPS) is 13.8. The Balaban J connectivity index is 3.15. The molecule has 0 heterocycles. The summed E-state index contributed by atoms with van der Waals surface area (Å²) < 4.78 is 31.0. The third-order valence-electron chi connectivity index (χ3n) is 3.02. The molecule has 108 valence electrons. The molecule has 0 fully saturated rings. The molecule has 1 aromatic rings. The van der Waals surface area contributed by atoms with E-state index >= 15 is 0 Å². The van der Waals surface area contributed by atoms with Crippen molar-refractivity contribution in [3.63, 3.8) is 0 Å². The fourth-order valence-corrected chi connectivity index (χ4v) is 2.24. The Kier molecular flexibility index (Phi) is 4.81. The van der Waals surface area contributed by atoms with Crippen LogP contribution in [0.3, 0.4) is 0 Å². The maximum Gasteiger partial charge on any atom is 0.242 e. The standard InChI is InChI=1S/C13H22N2O3S/c1-9(2)10(3)18-13-8-11(6-7-12(13)14)19(16,17)15(4)5/h6-10H,14H2,1-5H3. The SMILES string of the molecule is CC(C)C(C)Oc1cc(S(=O)(=O)N(C)C)ccc1N. The first-order chi connectivity index (χ1) is 8.66. The number of ether oxygens (including phenoxy) is 1. The Morgan fingerprint density at radius 1 is 1.21 bits per heavy atom. The van der Waals surface area contributed by atoms with Crippen LogP contribution in [0.1, 0.15) is 20.8 Å². The summed E-state index contributed by atoms with van der Waals surface area (Å²) in [6.07, 6.45) is -0.0420. The third-order valence-corrected chi connectivity index (χ3v) is 4.83. The second-order valence-corrected chi connectivity index (χ2v) is 7.21. The van der Waals surface area contributed by atoms with E-state index in [4.69, 9.17) is 10.5 Å². The number of nitrogen functional groups attached to an aromatic ring is 1. The van der Waals surface area contributed by atoms with E-state index < -0.39 is 10.0 Å². The number of rotatable bonds is 5. The van der Waals surface area contributed by atoms with Crippen LogP contribution >= 0.6 is 0 Å². The van der Waals surface area contributed by atoms with Crippen molar-refractivity contribution in [1.29, 1.82) is 0 Å². The number of nitrogens with zero attached hydrogens (tertiary/aromatic N) is 1. The zero-order chi connectivity index (χ0) is 14.8. The van der Waals surface area contributed by atoms with Gasteiger partial charge in [0.15, 0.2) is 0 Å². The minimum atomic E-state index is -3.47. The number of hydrogen-bond donors (Lipinski definition) is 1. The molecule has 1 rings (SSSR count). The monoisotopic (exact) mass is 286 g/mol. The highest BCUT2D eigenvalue weighted by atomic mass is 32.2. The molecule has 0 spiro atoms. The fraction of sp³-hybridized carbons (Fsp3) is 0.538. The molecule has 2 N–H and O–H groups in total. The zero-order valence-corrected chi connectivity index (χ0v) is 12.9. The van der Waals surface area contributed by atoms with Gasteiger partial charge >= 0.3 is 0 Å². The highest BCUT2D eigenvalue weighted by Crippen LogP contribution is 2.28. The molecular weight excluding hydrogens is 264 g/mol. The molecule has 1 unspecified atom stereocenters. The predicted molar refractivity (Wildman–Crippen MR) is 76.7 cm³/mol. The summed E-state index contributed by atoms with van der Waals surface area (Å²) in [6.45, 7) is 5.99. The van der Waals surface area contributed by atoms with E-state index in [1.807, 2.05) is 20.8 Å². The second kappa shape index (κ2) is 5.79. The Labute approximate surface area is 115 Å². The van der Waals surface area contributed by atoms with Gasteiger partial charge in [-0.25, -0.2) is 12.7 Å². The van der Waals surface area contributed by atoms with Crippen LogP contribution in [-0.2, 0) is 10.0 Å². The van der Waals surface area contributed by atoms with Crippen LogP contribution in [0.4, 0.5) is 5.69 Å². The van der Waals surface area contributed by atoms with Crippen molar-refractivity contribution in [2.75, 3.05) is 19.8 Å². The minimum Gasteiger partial charge on any atom is -0.488 e. The number of nitrogens with two attached hydrogens (primary N) is 1. The Hall–Kier alpha value is -1.27. The lowest BCUT2D eigenvalue weighted by atomic mass is 10.1. The van der Waals surface area contributed by atoms with Gasteiger partial charge in [-0.05, 0) is 25.0 Å². The van der Waals surface area contributed by atoms with Crippen molar-refractivity contribution in [3.8, 4) is 5.75 Å². The first kappa shape index (κ1) is 15.8. The lowest BCUT2D eigenvalue weighted by molar-refractivity contribution is 0.171. The Bertz CT molecular complexity index is 539. The lowest BCUT2D eigenvalue weighted by Crippen LogP contribution is -2.23. The van der Waals surface area contributed by atoms with Crippen molar-refractivity contribution in [3.05, 3.63) is 18.2 Å². The van der Waals surface area contributed by atoms with Gasteiger partial charge in [0.2, 0.25) is 10.0 Å². The molecular formula is C13H22N2O3S. The van der Waals surface area contributed by atoms with Crippen LogP contribution in [0.2, 0.25) is 0 Å². The van der Waals surface area contributed by atoms with Gasteiger partial charge in [0.1, 0.15) is 5.75 Å². The van der Waals surface area contributed by atoms with Crippen molar-refractivity contribution >= 4 is 15.7 Å². The number of hydrogen-bond acceptors (Lipinski definition) is 4. The van der Waals surface area contributed by atoms with Crippen LogP contribution < -0.4 is 10.5 Å². The van der Waals surface area contributed by atoms with Gasteiger partial charge in [-0.3, -0.25) is 0 Å². The van der Waals surface area contributed by atoms with E-state index in [0.717, 1.165) is 4.31 Å². The van der Waals surface area contributed by atoms with Crippen molar-refractivity contribution in [2.45, 2.75) is 31.8 Å². The van der Waals surface area contributed by atoms with Crippen LogP contribution in [0.5, 0.6) is 5.75 Å². The molecule has 0 aliphatic rings. The molecule has 0 aliphatic carbocycles. The summed E-state index contributed by atoms with van der Waals surface area (Å²) in [5.74, 6) is 0.720. The van der Waals surface area contributed by atoms with Gasteiger partial charge in [0.25, 0.3) is 0 Å². The lowest BCUT2D eigenvalue weighted by Gasteiger charge is -2.20. The number of anilines is 1. The van der Waals surface area contributed by atoms with Crippen molar-refractivity contribution in [2.24, 2.45) is 5.92 Å². The van der Waals surface area contributed by atoms with E-state index in [1.54, 1.807) is 6.07 Å². The minimum absolute atomic E-state index is 0.0420. The summed E-state index contributed by atoms with van der Waals surface area (Å²) in [5, 5.41) is 0. The number of sulfonamides is 1. The maximum absolute atomic E-state index is 12.0. The van der Waals surface area contributed by atoms with E-state index in [2.05, 4.69) is 0 Å². The van der Waals surface area contributed by atoms with Gasteiger partial charge < -0.3 is 10.5 Å². The molecule has 0 amide bonds. The van der Waals surface area contributed by atoms with E-state index in [9.17, 15) is 8.42 Å². The topological polar surface area (TPSA) is 72.6 Å². The summed E-state index contributed by atoms with van der Waals surface area (Å²) in [6, 6.07) is 4.51. The third kappa shape index (κ3) is 3.61. The Morgan fingerprint density at radius 3 is 2.26 bits per heavy atom. The van der Waals surface area contributed by atoms with Gasteiger partial charge in [0.05, 0.1) is 16.7 Å². The molecule has 5 nitrogen and oxygen atoms in total. The summed E-state index contributed by atoms with van der Waals surface area (Å²) in [5.41, 5.74) is 6.26. The van der Waals surface area contributed by atoms with E-state index in [1.165, 1.54) is 26.2 Å². The summed E-state index contributed by atoms with van der Waals surface area (Å²) in [4.78, 5) is 0.178. The number of benzene rings is 1. The van der Waals surface area contributed by atoms with Crippen molar-refractivity contribution in [1.82, 2.24) is 4.31 Å². The van der Waals surface area contributed by atoms with Gasteiger partial charge in [-0.1, -0.05) is 13.8 Å². The van der Waals surface area contributed by atoms with Gasteiger partial charge in [-0.15, -0.1) is 0 Å². The molecule has 1 aromatic carbocycles. The highest BCUT2D eigenvalue weighted by Gasteiger charge is 2.19. The molecule has 0 saturated heterocycles. The smallest absolute Gasteiger partial charge is 0.242 e. The molecule has 0 aliphatic heterocycles. The summed E-state index contributed by atoms with van der Waals surface area (Å²) >= 11 is 0. The maximum atomic E-state index is 12.0. The first-order valence-electron chi connectivity index (χ1n) is 6.15. The van der Waals surface area contributed by atoms with Crippen LogP contribution in [0.25, 0.3) is 0 Å². The van der Waals surface area contributed by atoms with E-state index in [-0.39, 0.29) is 11.0 Å². The van der Waals surface area contributed by atoms with Crippen LogP contribution in [0.15, 0.2) is 23.1 Å². The quantitative estimate of drug-likeness (QED) is 0.840. The zero-order valence-electron chi connectivity index (χ0n) is 12.0. The molecule has 1 atom stereocenters. The molecule has 0 radical (unpaired) electrons. The Morgan fingerprint density at radius 2 is 1.79 bits per heavy atom. The fourth-order valence-electron chi connectivity index (χ4n) is 1.32. The van der Waals surface area contributed by atoms with Gasteiger partial charge in [-0.2, -0.15) is 0 Å². The van der Waals surface area contributed by atoms with Crippen LogP contribution in [0, 0.1) is 5.92 Å². The average molecular weight is 286 g/mol. The average Bonchev–Trinajstić information content (AvgIpc) is 2.31. The molecule has 19 heavy (non-hydrogen) atoms. The highest BCUT2D eigenvalue weighted by molar-refractivity contribution is 7.89. The first-order valence-corrected chi connectivity index (χ1v) is 7.59. The molecule has 0 saturated carbocycles. The van der Waals surface area contributed by atoms with Crippen molar-refractivity contribution < 1.29 is 13.2 Å². The second-order valence-electron chi connectivity index (χ2n) is 5.05. The van der Waals surface area contributed by atoms with Gasteiger partial charge in [0, 0.05) is 20.2 Å². The summed E-state index contributed by atoms with van der Waals surface area (Å²) in [7, 11) is -0.496. The largest absolute Gasteiger partial charge is 0.488 e.